The van der Waals surface area contributed by atoms with Crippen molar-refractivity contribution in [2.75, 3.05) is 6.61 Å². The monoisotopic (exact) mass is 348 g/mol. The molecule has 0 unspecified atom stereocenters. The van der Waals surface area contributed by atoms with E-state index in [0.29, 0.717) is 25.2 Å². The van der Waals surface area contributed by atoms with E-state index in [1.54, 1.807) is 0 Å². The number of carbonyl (C=O) groups is 1. The molecule has 0 aliphatic rings. The Balaban J connectivity index is 2.40. The predicted octanol–water partition coefficient (Wildman–Crippen LogP) is 5.83. The molecule has 3 heteroatoms. The van der Waals surface area contributed by atoms with Crippen LogP contribution in [0.1, 0.15) is 89.3 Å². The van der Waals surface area contributed by atoms with Crippen LogP contribution in [-0.4, -0.2) is 17.7 Å². The van der Waals surface area contributed by atoms with Crippen molar-refractivity contribution >= 4 is 5.97 Å². The lowest BCUT2D eigenvalue weighted by molar-refractivity contribution is -0.143. The second-order valence-corrected chi connectivity index (χ2v) is 8.05. The fraction of sp³-hybridized carbons (Fsp3) is 0.682. The molecule has 0 amide bonds. The molecule has 0 spiro atoms. The normalized spacial score (nSPS) is 11.6. The average Bonchev–Trinajstić information content (AvgIpc) is 2.53. The summed E-state index contributed by atoms with van der Waals surface area (Å²) in [5.41, 5.74) is 2.76. The maximum absolute atomic E-state index is 11.9. The number of hydrogen-bond acceptors (Lipinski definition) is 3. The number of hydrogen-bond donors (Lipinski definition) is 1. The fourth-order valence-corrected chi connectivity index (χ4v) is 2.96. The lowest BCUT2D eigenvalue weighted by Gasteiger charge is -2.22. The first-order chi connectivity index (χ1) is 11.8. The minimum Gasteiger partial charge on any atom is -0.507 e. The first-order valence-corrected chi connectivity index (χ1v) is 9.74. The first-order valence-electron chi connectivity index (χ1n) is 9.74. The van der Waals surface area contributed by atoms with Crippen LogP contribution in [0.4, 0.5) is 0 Å². The Morgan fingerprint density at radius 2 is 1.72 bits per heavy atom. The van der Waals surface area contributed by atoms with Crippen LogP contribution in [0.3, 0.4) is 0 Å². The van der Waals surface area contributed by atoms with Gasteiger partial charge in [0, 0.05) is 6.42 Å². The van der Waals surface area contributed by atoms with Gasteiger partial charge in [0.05, 0.1) is 6.61 Å². The Kier molecular flexibility index (Phi) is 9.02. The van der Waals surface area contributed by atoms with Gasteiger partial charge in [0.25, 0.3) is 0 Å². The summed E-state index contributed by atoms with van der Waals surface area (Å²) >= 11 is 0. The SMILES string of the molecule is CCCCCCCCOC(=O)CCc1cc(C)c(O)c(C(C)(C)C)c1. The summed E-state index contributed by atoms with van der Waals surface area (Å²) in [5.74, 6) is 0.235. The molecule has 0 aromatic heterocycles. The van der Waals surface area contributed by atoms with Gasteiger partial charge in [0.15, 0.2) is 0 Å². The molecule has 0 saturated carbocycles. The molecular formula is C22H36O3. The number of esters is 1. The number of carbonyl (C=O) groups excluding carboxylic acids is 1. The molecule has 0 aliphatic carbocycles. The van der Waals surface area contributed by atoms with E-state index in [9.17, 15) is 9.90 Å². The van der Waals surface area contributed by atoms with Crippen LogP contribution in [-0.2, 0) is 21.4 Å². The van der Waals surface area contributed by atoms with Crippen LogP contribution in [0, 0.1) is 6.92 Å². The molecule has 0 atom stereocenters. The number of aromatic hydroxyl groups is 1. The third-order valence-electron chi connectivity index (χ3n) is 4.55. The molecule has 0 bridgehead atoms. The zero-order chi connectivity index (χ0) is 18.9. The van der Waals surface area contributed by atoms with Crippen LogP contribution >= 0.6 is 0 Å². The first kappa shape index (κ1) is 21.5. The average molecular weight is 349 g/mol. The zero-order valence-corrected chi connectivity index (χ0v) is 16.8. The van der Waals surface area contributed by atoms with E-state index in [4.69, 9.17) is 4.74 Å². The summed E-state index contributed by atoms with van der Waals surface area (Å²) in [6.07, 6.45) is 8.20. The lowest BCUT2D eigenvalue weighted by Crippen LogP contribution is -2.13. The fourth-order valence-electron chi connectivity index (χ4n) is 2.96. The second kappa shape index (κ2) is 10.5. The van der Waals surface area contributed by atoms with E-state index in [0.717, 1.165) is 29.5 Å². The van der Waals surface area contributed by atoms with Crippen molar-refractivity contribution in [3.05, 3.63) is 28.8 Å². The van der Waals surface area contributed by atoms with Crippen LogP contribution < -0.4 is 0 Å². The van der Waals surface area contributed by atoms with Crippen molar-refractivity contribution in [1.82, 2.24) is 0 Å². The summed E-state index contributed by atoms with van der Waals surface area (Å²) < 4.78 is 5.33. The van der Waals surface area contributed by atoms with Gasteiger partial charge in [-0.25, -0.2) is 0 Å². The Hall–Kier alpha value is -1.51. The molecule has 142 valence electrons. The van der Waals surface area contributed by atoms with Crippen LogP contribution in [0.5, 0.6) is 5.75 Å². The highest BCUT2D eigenvalue weighted by Crippen LogP contribution is 2.34. The third kappa shape index (κ3) is 7.94. The molecule has 25 heavy (non-hydrogen) atoms. The molecule has 3 nitrogen and oxygen atoms in total. The van der Waals surface area contributed by atoms with Gasteiger partial charge >= 0.3 is 5.97 Å². The summed E-state index contributed by atoms with van der Waals surface area (Å²) in [6, 6.07) is 3.98. The summed E-state index contributed by atoms with van der Waals surface area (Å²) in [5, 5.41) is 10.3. The number of rotatable bonds is 10. The van der Waals surface area contributed by atoms with Gasteiger partial charge in [-0.3, -0.25) is 4.79 Å². The molecular weight excluding hydrogens is 312 g/mol. The second-order valence-electron chi connectivity index (χ2n) is 8.05. The highest BCUT2D eigenvalue weighted by molar-refractivity contribution is 5.69. The van der Waals surface area contributed by atoms with Crippen molar-refractivity contribution in [3.8, 4) is 5.75 Å². The minimum atomic E-state index is -0.128. The van der Waals surface area contributed by atoms with Gasteiger partial charge in [-0.1, -0.05) is 71.9 Å². The van der Waals surface area contributed by atoms with Gasteiger partial charge in [-0.05, 0) is 41.9 Å². The van der Waals surface area contributed by atoms with Crippen molar-refractivity contribution in [2.24, 2.45) is 0 Å². The molecule has 0 aliphatic heterocycles. The van der Waals surface area contributed by atoms with Gasteiger partial charge in [-0.15, -0.1) is 0 Å². The Labute approximate surface area is 153 Å². The summed E-state index contributed by atoms with van der Waals surface area (Å²) in [4.78, 5) is 11.9. The molecule has 1 aromatic carbocycles. The highest BCUT2D eigenvalue weighted by atomic mass is 16.5. The third-order valence-corrected chi connectivity index (χ3v) is 4.55. The molecule has 0 heterocycles. The van der Waals surface area contributed by atoms with E-state index in [1.165, 1.54) is 25.7 Å². The van der Waals surface area contributed by atoms with Crippen molar-refractivity contribution in [3.63, 3.8) is 0 Å². The predicted molar refractivity (Wildman–Crippen MR) is 104 cm³/mol. The van der Waals surface area contributed by atoms with E-state index < -0.39 is 0 Å². The number of aryl methyl sites for hydroxylation is 2. The maximum Gasteiger partial charge on any atom is 0.306 e. The lowest BCUT2D eigenvalue weighted by atomic mass is 9.83. The summed E-state index contributed by atoms with van der Waals surface area (Å²) in [7, 11) is 0. The Morgan fingerprint density at radius 3 is 2.36 bits per heavy atom. The maximum atomic E-state index is 11.9. The molecule has 0 fully saturated rings. The van der Waals surface area contributed by atoms with E-state index in [1.807, 2.05) is 19.1 Å². The number of phenols is 1. The van der Waals surface area contributed by atoms with Crippen molar-refractivity contribution < 1.29 is 14.6 Å². The van der Waals surface area contributed by atoms with Gasteiger partial charge in [0.2, 0.25) is 0 Å². The molecule has 1 N–H and O–H groups in total. The standard InChI is InChI=1S/C22H36O3/c1-6-7-8-9-10-11-14-25-20(23)13-12-18-15-17(2)21(24)19(16-18)22(3,4)5/h15-16,24H,6-14H2,1-5H3. The Morgan fingerprint density at radius 1 is 1.08 bits per heavy atom. The number of phenolic OH excluding ortho intramolecular Hbond substituents is 1. The van der Waals surface area contributed by atoms with Crippen molar-refractivity contribution in [1.29, 1.82) is 0 Å². The van der Waals surface area contributed by atoms with E-state index in [2.05, 4.69) is 27.7 Å². The van der Waals surface area contributed by atoms with E-state index in [-0.39, 0.29) is 11.4 Å². The molecule has 1 aromatic rings. The topological polar surface area (TPSA) is 46.5 Å². The molecule has 0 radical (unpaired) electrons. The van der Waals surface area contributed by atoms with Crippen LogP contribution in [0.2, 0.25) is 0 Å². The minimum absolute atomic E-state index is 0.122. The summed E-state index contributed by atoms with van der Waals surface area (Å²) in [6.45, 7) is 10.9. The molecule has 0 saturated heterocycles. The van der Waals surface area contributed by atoms with Gasteiger partial charge in [-0.2, -0.15) is 0 Å². The quantitative estimate of drug-likeness (QED) is 0.427. The van der Waals surface area contributed by atoms with E-state index >= 15 is 0 Å². The molecule has 1 rings (SSSR count). The largest absolute Gasteiger partial charge is 0.507 e. The number of benzene rings is 1. The van der Waals surface area contributed by atoms with Gasteiger partial charge in [0.1, 0.15) is 5.75 Å². The number of unbranched alkanes of at least 4 members (excludes halogenated alkanes) is 5. The number of ether oxygens (including phenoxy) is 1. The smallest absolute Gasteiger partial charge is 0.306 e. The van der Waals surface area contributed by atoms with Crippen LogP contribution in [0.15, 0.2) is 12.1 Å². The van der Waals surface area contributed by atoms with Gasteiger partial charge < -0.3 is 9.84 Å². The zero-order valence-electron chi connectivity index (χ0n) is 16.8. The van der Waals surface area contributed by atoms with Crippen molar-refractivity contribution in [2.45, 2.75) is 91.4 Å². The highest BCUT2D eigenvalue weighted by Gasteiger charge is 2.20. The van der Waals surface area contributed by atoms with Crippen LogP contribution in [0.25, 0.3) is 0 Å². The Bertz CT molecular complexity index is 541.